The van der Waals surface area contributed by atoms with Crippen molar-refractivity contribution >= 4 is 11.8 Å². The van der Waals surface area contributed by atoms with Crippen LogP contribution in [0, 0.1) is 0 Å². The van der Waals surface area contributed by atoms with E-state index in [0.29, 0.717) is 5.25 Å². The van der Waals surface area contributed by atoms with Crippen molar-refractivity contribution in [3.63, 3.8) is 0 Å². The number of hydrogen-bond acceptors (Lipinski definition) is 2. The lowest BCUT2D eigenvalue weighted by atomic mass is 9.80. The Morgan fingerprint density at radius 3 is 2.35 bits per heavy atom. The molecule has 1 atom stereocenters. The molecule has 1 aliphatic carbocycles. The molecule has 1 aromatic rings. The summed E-state index contributed by atoms with van der Waals surface area (Å²) in [5.41, 5.74) is 8.98. The second kappa shape index (κ2) is 5.92. The van der Waals surface area contributed by atoms with Gasteiger partial charge in [-0.25, -0.2) is 0 Å². The van der Waals surface area contributed by atoms with Gasteiger partial charge in [-0.3, -0.25) is 0 Å². The van der Waals surface area contributed by atoms with E-state index < -0.39 is 0 Å². The average Bonchev–Trinajstić information content (AvgIpc) is 2.24. The topological polar surface area (TPSA) is 26.0 Å². The van der Waals surface area contributed by atoms with Gasteiger partial charge >= 0.3 is 0 Å². The van der Waals surface area contributed by atoms with Crippen LogP contribution in [0.2, 0.25) is 0 Å². The van der Waals surface area contributed by atoms with Gasteiger partial charge in [-0.2, -0.15) is 11.8 Å². The maximum atomic E-state index is 6.20. The minimum Gasteiger partial charge on any atom is -0.323 e. The van der Waals surface area contributed by atoms with Gasteiger partial charge in [0.15, 0.2) is 0 Å². The van der Waals surface area contributed by atoms with Gasteiger partial charge in [0.25, 0.3) is 0 Å². The van der Waals surface area contributed by atoms with Crippen LogP contribution in [-0.2, 0) is 0 Å². The van der Waals surface area contributed by atoms with Crippen LogP contribution in [-0.4, -0.2) is 11.0 Å². The van der Waals surface area contributed by atoms with Gasteiger partial charge in [0.05, 0.1) is 0 Å². The van der Waals surface area contributed by atoms with E-state index in [1.54, 1.807) is 0 Å². The molecule has 0 heterocycles. The number of thioether (sulfide) groups is 1. The van der Waals surface area contributed by atoms with Crippen molar-refractivity contribution in [1.29, 1.82) is 0 Å². The summed E-state index contributed by atoms with van der Waals surface area (Å²) < 4.78 is 0. The molecule has 94 valence electrons. The Balaban J connectivity index is 1.92. The van der Waals surface area contributed by atoms with Gasteiger partial charge < -0.3 is 5.73 Å². The quantitative estimate of drug-likeness (QED) is 0.850. The zero-order chi connectivity index (χ0) is 12.3. The number of nitrogens with two attached hydrogens (primary N) is 1. The molecule has 1 aromatic carbocycles. The summed E-state index contributed by atoms with van der Waals surface area (Å²) >= 11 is 1.94. The maximum Gasteiger partial charge on any atom is 0.0386 e. The minimum absolute atomic E-state index is 0.179. The monoisotopic (exact) mass is 249 g/mol. The lowest BCUT2D eigenvalue weighted by Crippen LogP contribution is -2.15. The van der Waals surface area contributed by atoms with E-state index in [4.69, 9.17) is 5.73 Å². The summed E-state index contributed by atoms with van der Waals surface area (Å²) in [7, 11) is 0. The van der Waals surface area contributed by atoms with Crippen molar-refractivity contribution in [3.05, 3.63) is 35.4 Å². The normalized spacial score (nSPS) is 18.1. The Kier molecular flexibility index (Phi) is 4.52. The third kappa shape index (κ3) is 3.49. The van der Waals surface area contributed by atoms with Gasteiger partial charge in [-0.15, -0.1) is 0 Å². The van der Waals surface area contributed by atoms with Crippen molar-refractivity contribution in [2.75, 3.05) is 5.75 Å². The van der Waals surface area contributed by atoms with Gasteiger partial charge in [0.2, 0.25) is 0 Å². The molecule has 0 aromatic heterocycles. The molecule has 2 N–H and O–H groups in total. The predicted molar refractivity (Wildman–Crippen MR) is 77.6 cm³/mol. The molecule has 1 unspecified atom stereocenters. The SMILES string of the molecule is CC(C)SCC(N)c1ccc(C2CCC2)cc1. The molecule has 2 heteroatoms. The fourth-order valence-corrected chi connectivity index (χ4v) is 2.93. The Morgan fingerprint density at radius 1 is 1.24 bits per heavy atom. The minimum atomic E-state index is 0.179. The molecule has 17 heavy (non-hydrogen) atoms. The third-order valence-corrected chi connectivity index (χ3v) is 4.77. The smallest absolute Gasteiger partial charge is 0.0386 e. The molecule has 0 bridgehead atoms. The summed E-state index contributed by atoms with van der Waals surface area (Å²) in [5.74, 6) is 1.84. The first-order valence-electron chi connectivity index (χ1n) is 6.64. The number of hydrogen-bond donors (Lipinski definition) is 1. The highest BCUT2D eigenvalue weighted by Gasteiger charge is 2.19. The highest BCUT2D eigenvalue weighted by atomic mass is 32.2. The molecule has 1 fully saturated rings. The second-order valence-electron chi connectivity index (χ2n) is 5.28. The highest BCUT2D eigenvalue weighted by Crippen LogP contribution is 2.36. The van der Waals surface area contributed by atoms with E-state index in [1.807, 2.05) is 11.8 Å². The summed E-state index contributed by atoms with van der Waals surface area (Å²) in [6, 6.07) is 9.18. The lowest BCUT2D eigenvalue weighted by Gasteiger charge is -2.26. The average molecular weight is 249 g/mol. The highest BCUT2D eigenvalue weighted by molar-refractivity contribution is 7.99. The van der Waals surface area contributed by atoms with E-state index in [9.17, 15) is 0 Å². The standard InChI is InChI=1S/C15H23NS/c1-11(2)17-10-15(16)14-8-6-13(7-9-14)12-4-3-5-12/h6-9,11-12,15H,3-5,10,16H2,1-2H3. The van der Waals surface area contributed by atoms with Gasteiger partial charge in [0, 0.05) is 11.8 Å². The summed E-state index contributed by atoms with van der Waals surface area (Å²) in [5, 5.41) is 0.662. The Labute approximate surface area is 109 Å². The Morgan fingerprint density at radius 2 is 1.88 bits per heavy atom. The summed E-state index contributed by atoms with van der Waals surface area (Å²) in [6.07, 6.45) is 4.14. The number of rotatable bonds is 5. The summed E-state index contributed by atoms with van der Waals surface area (Å²) in [6.45, 7) is 4.44. The van der Waals surface area contributed by atoms with E-state index in [-0.39, 0.29) is 6.04 Å². The van der Waals surface area contributed by atoms with Crippen LogP contribution in [0.25, 0.3) is 0 Å². The fraction of sp³-hybridized carbons (Fsp3) is 0.600. The molecule has 0 radical (unpaired) electrons. The van der Waals surface area contributed by atoms with E-state index >= 15 is 0 Å². The first kappa shape index (κ1) is 13.0. The molecule has 1 nitrogen and oxygen atoms in total. The predicted octanol–water partition coefficient (Wildman–Crippen LogP) is 4.10. The Hall–Kier alpha value is -0.470. The van der Waals surface area contributed by atoms with Crippen molar-refractivity contribution in [2.45, 2.75) is 50.3 Å². The van der Waals surface area contributed by atoms with E-state index in [1.165, 1.54) is 30.4 Å². The van der Waals surface area contributed by atoms with E-state index in [0.717, 1.165) is 11.7 Å². The van der Waals surface area contributed by atoms with Crippen LogP contribution in [0.15, 0.2) is 24.3 Å². The van der Waals surface area contributed by atoms with Crippen molar-refractivity contribution in [1.82, 2.24) is 0 Å². The second-order valence-corrected chi connectivity index (χ2v) is 6.89. The largest absolute Gasteiger partial charge is 0.323 e. The molecular formula is C15H23NS. The molecule has 0 saturated heterocycles. The first-order valence-corrected chi connectivity index (χ1v) is 7.68. The van der Waals surface area contributed by atoms with Gasteiger partial charge in [0.1, 0.15) is 0 Å². The number of benzene rings is 1. The molecular weight excluding hydrogens is 226 g/mol. The van der Waals surface area contributed by atoms with Crippen LogP contribution >= 0.6 is 11.8 Å². The van der Waals surface area contributed by atoms with Gasteiger partial charge in [-0.05, 0) is 35.1 Å². The van der Waals surface area contributed by atoms with Crippen molar-refractivity contribution in [2.24, 2.45) is 5.73 Å². The molecule has 0 aliphatic heterocycles. The fourth-order valence-electron chi connectivity index (χ4n) is 2.15. The molecule has 2 rings (SSSR count). The van der Waals surface area contributed by atoms with Crippen LogP contribution in [0.3, 0.4) is 0 Å². The molecule has 1 aliphatic rings. The zero-order valence-corrected chi connectivity index (χ0v) is 11.7. The molecule has 0 spiro atoms. The van der Waals surface area contributed by atoms with Gasteiger partial charge in [-0.1, -0.05) is 44.5 Å². The van der Waals surface area contributed by atoms with Crippen LogP contribution in [0.4, 0.5) is 0 Å². The first-order chi connectivity index (χ1) is 8.16. The van der Waals surface area contributed by atoms with Crippen LogP contribution < -0.4 is 5.73 Å². The lowest BCUT2D eigenvalue weighted by molar-refractivity contribution is 0.419. The summed E-state index contributed by atoms with van der Waals surface area (Å²) in [4.78, 5) is 0. The van der Waals surface area contributed by atoms with E-state index in [2.05, 4.69) is 38.1 Å². The van der Waals surface area contributed by atoms with Crippen molar-refractivity contribution in [3.8, 4) is 0 Å². The zero-order valence-electron chi connectivity index (χ0n) is 10.9. The molecule has 0 amide bonds. The third-order valence-electron chi connectivity index (χ3n) is 3.55. The van der Waals surface area contributed by atoms with Crippen molar-refractivity contribution < 1.29 is 0 Å². The molecule has 1 saturated carbocycles. The maximum absolute atomic E-state index is 6.20. The Bertz CT molecular complexity index is 340. The van der Waals surface area contributed by atoms with Crippen LogP contribution in [0.1, 0.15) is 56.2 Å². The van der Waals surface area contributed by atoms with Crippen LogP contribution in [0.5, 0.6) is 0 Å².